The molecule has 2 rings (SSSR count). The van der Waals surface area contributed by atoms with Crippen LogP contribution in [-0.2, 0) is 28.6 Å². The molecule has 2 aliphatic heterocycles. The first kappa shape index (κ1) is 33.9. The number of ether oxygens (including phenoxy) is 3. The second kappa shape index (κ2) is 13.3. The van der Waals surface area contributed by atoms with Gasteiger partial charge < -0.3 is 29.1 Å². The van der Waals surface area contributed by atoms with Gasteiger partial charge in [-0.05, 0) is 41.5 Å². The Morgan fingerprint density at radius 1 is 0.718 bits per heavy atom. The minimum absolute atomic E-state index is 0.138. The maximum atomic E-state index is 12.2. The number of rotatable bonds is 3. The van der Waals surface area contributed by atoms with Gasteiger partial charge in [-0.25, -0.2) is 9.59 Å². The number of amides is 4. The molecular formula is C26H46N4O9. The molecule has 0 aromatic rings. The van der Waals surface area contributed by atoms with Gasteiger partial charge in [-0.2, -0.15) is 0 Å². The number of β-amino-alcohol motifs (C(OH)–C–C–N with tert-alkyl or cyclic N) is 1. The van der Waals surface area contributed by atoms with Crippen molar-refractivity contribution >= 4 is 30.0 Å². The van der Waals surface area contributed by atoms with E-state index in [2.05, 4.69) is 0 Å². The molecule has 224 valence electrons. The zero-order valence-corrected chi connectivity index (χ0v) is 25.1. The van der Waals surface area contributed by atoms with Gasteiger partial charge in [0, 0.05) is 48.0 Å². The van der Waals surface area contributed by atoms with Gasteiger partial charge in [0.2, 0.25) is 11.8 Å². The quantitative estimate of drug-likeness (QED) is 0.402. The Morgan fingerprint density at radius 3 is 1.46 bits per heavy atom. The molecule has 2 saturated heterocycles. The molecule has 2 heterocycles. The lowest BCUT2D eigenvalue weighted by molar-refractivity contribution is -0.146. The van der Waals surface area contributed by atoms with E-state index in [4.69, 9.17) is 14.2 Å². The third-order valence-electron chi connectivity index (χ3n) is 5.58. The van der Waals surface area contributed by atoms with E-state index in [9.17, 15) is 29.1 Å². The molecule has 1 N–H and O–H groups in total. The van der Waals surface area contributed by atoms with Crippen LogP contribution in [0.25, 0.3) is 0 Å². The van der Waals surface area contributed by atoms with Crippen LogP contribution < -0.4 is 0 Å². The fraction of sp³-hybridized carbons (Fsp3) is 0.808. The number of aliphatic hydroxyl groups is 1. The Morgan fingerprint density at radius 2 is 1.10 bits per heavy atom. The van der Waals surface area contributed by atoms with Crippen LogP contribution in [0.2, 0.25) is 0 Å². The van der Waals surface area contributed by atoms with Crippen LogP contribution in [0.3, 0.4) is 0 Å². The molecule has 4 atom stereocenters. The summed E-state index contributed by atoms with van der Waals surface area (Å²) in [5.41, 5.74) is -1.27. The Bertz CT molecular complexity index is 908. The Balaban J connectivity index is 0.000000395. The Hall–Kier alpha value is -3.09. The van der Waals surface area contributed by atoms with Gasteiger partial charge >= 0.3 is 18.2 Å². The molecular weight excluding hydrogens is 512 g/mol. The van der Waals surface area contributed by atoms with Gasteiger partial charge in [0.15, 0.2) is 0 Å². The van der Waals surface area contributed by atoms with Crippen molar-refractivity contribution in [1.82, 2.24) is 19.6 Å². The molecule has 0 saturated carbocycles. The minimum Gasteiger partial charge on any atom is -0.461 e. The normalized spacial score (nSPS) is 22.9. The molecule has 13 heteroatoms. The number of likely N-dealkylation sites (tertiary alicyclic amines) is 2. The maximum Gasteiger partial charge on any atom is 0.411 e. The average molecular weight is 559 g/mol. The number of carbonyl (C=O) groups is 5. The largest absolute Gasteiger partial charge is 0.461 e. The second-order valence-electron chi connectivity index (χ2n) is 12.1. The van der Waals surface area contributed by atoms with E-state index in [1.54, 1.807) is 69.7 Å². The molecule has 0 aliphatic carbocycles. The van der Waals surface area contributed by atoms with Crippen LogP contribution in [0.4, 0.5) is 9.59 Å². The minimum atomic E-state index is -0.675. The highest BCUT2D eigenvalue weighted by atomic mass is 16.6. The van der Waals surface area contributed by atoms with Gasteiger partial charge in [0.1, 0.15) is 29.4 Å². The third kappa shape index (κ3) is 10.9. The van der Waals surface area contributed by atoms with Gasteiger partial charge in [-0.15, -0.1) is 0 Å². The smallest absolute Gasteiger partial charge is 0.411 e. The summed E-state index contributed by atoms with van der Waals surface area (Å²) >= 11 is 0. The standard InChI is InChI=1S/C14H24N2O5.C12H22N2O4/c1-9(17)20-10-7-11(12(18)15(5)6)16(8-10)13(19)21-14(2,3)4;1-12(2,3)18-11(17)14-7-8(15)6-9(14)10(16)13(4)5/h10-11H,7-8H2,1-6H3;8-9,15H,6-7H2,1-5H3/t10-,11+;8-,9+/m11/s1. The van der Waals surface area contributed by atoms with Gasteiger partial charge in [0.05, 0.1) is 19.2 Å². The second-order valence-corrected chi connectivity index (χ2v) is 12.1. The first-order valence-corrected chi connectivity index (χ1v) is 12.9. The predicted molar refractivity (Wildman–Crippen MR) is 142 cm³/mol. The number of aliphatic hydroxyl groups excluding tert-OH is 1. The van der Waals surface area contributed by atoms with Crippen molar-refractivity contribution in [2.75, 3.05) is 41.3 Å². The summed E-state index contributed by atoms with van der Waals surface area (Å²) in [5, 5.41) is 9.63. The van der Waals surface area contributed by atoms with E-state index in [0.29, 0.717) is 0 Å². The molecule has 0 bridgehead atoms. The van der Waals surface area contributed by atoms with Crippen molar-refractivity contribution in [3.63, 3.8) is 0 Å². The van der Waals surface area contributed by atoms with Crippen LogP contribution in [0, 0.1) is 0 Å². The van der Waals surface area contributed by atoms with E-state index in [-0.39, 0.29) is 37.7 Å². The van der Waals surface area contributed by atoms with Crippen molar-refractivity contribution in [1.29, 1.82) is 0 Å². The Labute approximate surface area is 231 Å². The molecule has 13 nitrogen and oxygen atoms in total. The number of likely N-dealkylation sites (N-methyl/N-ethyl adjacent to an activating group) is 2. The summed E-state index contributed by atoms with van der Waals surface area (Å²) in [6, 6.07) is -1.30. The van der Waals surface area contributed by atoms with E-state index in [0.717, 1.165) is 0 Å². The molecule has 39 heavy (non-hydrogen) atoms. The molecule has 0 aromatic carbocycles. The number of esters is 1. The summed E-state index contributed by atoms with van der Waals surface area (Å²) in [6.07, 6.45) is -1.74. The predicted octanol–water partition coefficient (Wildman–Crippen LogP) is 1.46. The zero-order valence-electron chi connectivity index (χ0n) is 25.1. The van der Waals surface area contributed by atoms with Crippen LogP contribution in [0.5, 0.6) is 0 Å². The lowest BCUT2D eigenvalue weighted by Gasteiger charge is -2.28. The van der Waals surface area contributed by atoms with E-state index in [1.165, 1.54) is 26.5 Å². The lowest BCUT2D eigenvalue weighted by Crippen LogP contribution is -2.47. The number of nitrogens with zero attached hydrogens (tertiary/aromatic N) is 4. The summed E-state index contributed by atoms with van der Waals surface area (Å²) in [5.74, 6) is -0.838. The van der Waals surface area contributed by atoms with Gasteiger partial charge in [-0.1, -0.05) is 0 Å². The van der Waals surface area contributed by atoms with Crippen molar-refractivity contribution in [2.45, 2.75) is 96.8 Å². The van der Waals surface area contributed by atoms with Crippen LogP contribution in [0.1, 0.15) is 61.3 Å². The molecule has 0 radical (unpaired) electrons. The van der Waals surface area contributed by atoms with Crippen molar-refractivity contribution < 1.29 is 43.3 Å². The third-order valence-corrected chi connectivity index (χ3v) is 5.58. The number of carbonyl (C=O) groups excluding carboxylic acids is 5. The summed E-state index contributed by atoms with van der Waals surface area (Å²) < 4.78 is 15.7. The molecule has 2 fully saturated rings. The zero-order chi connectivity index (χ0) is 30.5. The van der Waals surface area contributed by atoms with E-state index < -0.39 is 53.6 Å². The molecule has 0 spiro atoms. The first-order chi connectivity index (χ1) is 17.6. The van der Waals surface area contributed by atoms with Gasteiger partial charge in [-0.3, -0.25) is 24.2 Å². The first-order valence-electron chi connectivity index (χ1n) is 12.9. The molecule has 0 aromatic heterocycles. The number of hydrogen-bond donors (Lipinski definition) is 1. The van der Waals surface area contributed by atoms with Crippen molar-refractivity contribution in [2.24, 2.45) is 0 Å². The topological polar surface area (TPSA) is 146 Å². The van der Waals surface area contributed by atoms with E-state index >= 15 is 0 Å². The molecule has 2 aliphatic rings. The van der Waals surface area contributed by atoms with Crippen LogP contribution >= 0.6 is 0 Å². The van der Waals surface area contributed by atoms with Crippen LogP contribution in [0.15, 0.2) is 0 Å². The SMILES string of the molecule is CC(=O)O[C@@H]1C[C@@H](C(=O)N(C)C)N(C(=O)OC(C)(C)C)C1.CN(C)C(=O)[C@@H]1C[C@@H](O)CN1C(=O)OC(C)(C)C. The number of hydrogen-bond acceptors (Lipinski definition) is 9. The van der Waals surface area contributed by atoms with Crippen molar-refractivity contribution in [3.8, 4) is 0 Å². The highest BCUT2D eigenvalue weighted by molar-refractivity contribution is 5.87. The molecule has 4 amide bonds. The molecule has 0 unspecified atom stereocenters. The Kier molecular flexibility index (Phi) is 11.6. The highest BCUT2D eigenvalue weighted by Crippen LogP contribution is 2.25. The van der Waals surface area contributed by atoms with Crippen molar-refractivity contribution in [3.05, 3.63) is 0 Å². The van der Waals surface area contributed by atoms with Gasteiger partial charge in [0.25, 0.3) is 0 Å². The maximum absolute atomic E-state index is 12.2. The average Bonchev–Trinajstić information content (AvgIpc) is 3.33. The monoisotopic (exact) mass is 558 g/mol. The highest BCUT2D eigenvalue weighted by Gasteiger charge is 2.44. The fourth-order valence-corrected chi connectivity index (χ4v) is 4.04. The van der Waals surface area contributed by atoms with Crippen LogP contribution in [-0.4, -0.2) is 131 Å². The summed E-state index contributed by atoms with van der Waals surface area (Å²) in [4.78, 5) is 64.9. The lowest BCUT2D eigenvalue weighted by atomic mass is 10.2. The fourth-order valence-electron chi connectivity index (χ4n) is 4.04. The summed E-state index contributed by atoms with van der Waals surface area (Å²) in [7, 11) is 6.49. The summed E-state index contributed by atoms with van der Waals surface area (Å²) in [6.45, 7) is 12.2. The van der Waals surface area contributed by atoms with E-state index in [1.807, 2.05) is 0 Å².